The van der Waals surface area contributed by atoms with E-state index in [0.29, 0.717) is 19.2 Å². The van der Waals surface area contributed by atoms with Gasteiger partial charge in [-0.15, -0.1) is 0 Å². The van der Waals surface area contributed by atoms with E-state index in [4.69, 9.17) is 0 Å². The molecule has 2 rings (SSSR count). The molecule has 4 amide bonds. The van der Waals surface area contributed by atoms with E-state index in [2.05, 4.69) is 16.0 Å². The summed E-state index contributed by atoms with van der Waals surface area (Å²) in [5, 5.41) is 18.9. The summed E-state index contributed by atoms with van der Waals surface area (Å²) in [6.07, 6.45) is -2.17. The molecule has 3 atom stereocenters. The number of carbonyl (C=O) groups excluding carboxylic acids is 4. The molecule has 4 N–H and O–H groups in total. The van der Waals surface area contributed by atoms with Gasteiger partial charge in [-0.1, -0.05) is 19.9 Å². The van der Waals surface area contributed by atoms with Crippen molar-refractivity contribution in [3.63, 3.8) is 0 Å². The number of hydrogen-bond acceptors (Lipinski definition) is 5. The Morgan fingerprint density at radius 2 is 1.57 bits per heavy atom. The Kier molecular flexibility index (Phi) is 12.2. The molecule has 0 aliphatic rings. The summed E-state index contributed by atoms with van der Waals surface area (Å²) in [7, 11) is 1.63. The zero-order chi connectivity index (χ0) is 30.0. The van der Waals surface area contributed by atoms with Crippen molar-refractivity contribution in [1.82, 2.24) is 20.9 Å². The number of likely N-dealkylation sites (N-methyl/N-ethyl adjacent to an activating group) is 1. The summed E-state index contributed by atoms with van der Waals surface area (Å²) in [4.78, 5) is 52.3. The van der Waals surface area contributed by atoms with Gasteiger partial charge >= 0.3 is 0 Å². The van der Waals surface area contributed by atoms with E-state index in [9.17, 15) is 33.1 Å². The summed E-state index contributed by atoms with van der Waals surface area (Å²) in [5.41, 5.74) is 0.558. The summed E-state index contributed by atoms with van der Waals surface area (Å²) in [6, 6.07) is 6.85. The zero-order valence-electron chi connectivity index (χ0n) is 23.5. The first-order valence-corrected chi connectivity index (χ1v) is 13.2. The fraction of sp³-hybridized carbons (Fsp3) is 0.448. The molecule has 218 valence electrons. The van der Waals surface area contributed by atoms with Crippen LogP contribution in [0, 0.1) is 17.6 Å². The lowest BCUT2D eigenvalue weighted by molar-refractivity contribution is -0.131. The largest absolute Gasteiger partial charge is 0.390 e. The number of benzene rings is 2. The normalized spacial score (nSPS) is 13.2. The molecule has 11 heteroatoms. The van der Waals surface area contributed by atoms with Gasteiger partial charge in [-0.3, -0.25) is 19.2 Å². The minimum atomic E-state index is -1.48. The maximum atomic E-state index is 13.9. The van der Waals surface area contributed by atoms with E-state index in [1.807, 2.05) is 6.92 Å². The first-order valence-electron chi connectivity index (χ1n) is 13.2. The Morgan fingerprint density at radius 1 is 0.950 bits per heavy atom. The van der Waals surface area contributed by atoms with Crippen molar-refractivity contribution in [3.8, 4) is 0 Å². The Bertz CT molecular complexity index is 1190. The molecule has 9 nitrogen and oxygen atoms in total. The molecule has 0 aromatic heterocycles. The van der Waals surface area contributed by atoms with Crippen molar-refractivity contribution >= 4 is 23.6 Å². The Morgan fingerprint density at radius 3 is 2.15 bits per heavy atom. The lowest BCUT2D eigenvalue weighted by atomic mass is 9.97. The first kappa shape index (κ1) is 32.4. The molecule has 0 unspecified atom stereocenters. The van der Waals surface area contributed by atoms with Crippen LogP contribution >= 0.6 is 0 Å². The van der Waals surface area contributed by atoms with E-state index in [-0.39, 0.29) is 40.8 Å². The second-order valence-corrected chi connectivity index (χ2v) is 9.92. The van der Waals surface area contributed by atoms with E-state index in [1.165, 1.54) is 17.0 Å². The standard InChI is InChI=1S/C29H38F2N4O5/c1-6-32-28(39)26(17(3)4)34-25(37)16-24(36)23(13-18-11-21(30)15-22(31)12-18)33-27(38)19-9-8-10-20(14-19)29(40)35(5)7-2/h8-12,14-15,17,23-24,26,36H,6-7,13,16H2,1-5H3,(H,32,39)(H,33,38)(H,34,37)/t23-,24-,26-/m0/s1. The van der Waals surface area contributed by atoms with Crippen molar-refractivity contribution in [1.29, 1.82) is 0 Å². The minimum absolute atomic E-state index is 0.124. The Labute approximate surface area is 233 Å². The van der Waals surface area contributed by atoms with Crippen LogP contribution in [0.3, 0.4) is 0 Å². The van der Waals surface area contributed by atoms with E-state index in [1.54, 1.807) is 40.0 Å². The van der Waals surface area contributed by atoms with Gasteiger partial charge in [-0.05, 0) is 62.1 Å². The fourth-order valence-corrected chi connectivity index (χ4v) is 4.06. The van der Waals surface area contributed by atoms with Crippen LogP contribution in [-0.2, 0) is 16.0 Å². The third-order valence-electron chi connectivity index (χ3n) is 6.36. The average molecular weight is 561 g/mol. The number of rotatable bonds is 13. The number of nitrogens with one attached hydrogen (secondary N) is 3. The van der Waals surface area contributed by atoms with Crippen LogP contribution in [0.5, 0.6) is 0 Å². The maximum absolute atomic E-state index is 13.9. The molecule has 2 aromatic carbocycles. The molecule has 0 heterocycles. The van der Waals surface area contributed by atoms with Crippen LogP contribution in [-0.4, -0.2) is 72.0 Å². The molecule has 0 radical (unpaired) electrons. The number of nitrogens with zero attached hydrogens (tertiary/aromatic N) is 1. The van der Waals surface area contributed by atoms with E-state index >= 15 is 0 Å². The predicted octanol–water partition coefficient (Wildman–Crippen LogP) is 2.43. The summed E-state index contributed by atoms with van der Waals surface area (Å²) in [5.74, 6) is -3.86. The van der Waals surface area contributed by atoms with Crippen LogP contribution in [0.4, 0.5) is 8.78 Å². The van der Waals surface area contributed by atoms with Crippen molar-refractivity contribution in [2.24, 2.45) is 5.92 Å². The van der Waals surface area contributed by atoms with Crippen LogP contribution in [0.2, 0.25) is 0 Å². The van der Waals surface area contributed by atoms with Gasteiger partial charge in [0.05, 0.1) is 18.6 Å². The number of aliphatic hydroxyl groups excluding tert-OH is 1. The Hall–Kier alpha value is -3.86. The lowest BCUT2D eigenvalue weighted by Gasteiger charge is -2.26. The van der Waals surface area contributed by atoms with Gasteiger partial charge in [0.2, 0.25) is 11.8 Å². The molecule has 0 spiro atoms. The van der Waals surface area contributed by atoms with Gasteiger partial charge in [-0.2, -0.15) is 0 Å². The molecule has 0 saturated carbocycles. The number of amides is 4. The average Bonchev–Trinajstić information content (AvgIpc) is 2.89. The third-order valence-corrected chi connectivity index (χ3v) is 6.36. The second kappa shape index (κ2) is 15.1. The quantitative estimate of drug-likeness (QED) is 0.299. The van der Waals surface area contributed by atoms with Gasteiger partial charge < -0.3 is 26.0 Å². The molecular formula is C29H38F2N4O5. The van der Waals surface area contributed by atoms with Gasteiger partial charge in [0, 0.05) is 37.3 Å². The molecule has 2 aromatic rings. The number of halogens is 2. The first-order chi connectivity index (χ1) is 18.9. The van der Waals surface area contributed by atoms with Crippen molar-refractivity contribution in [3.05, 3.63) is 70.8 Å². The number of carbonyl (C=O) groups is 4. The van der Waals surface area contributed by atoms with Crippen molar-refractivity contribution < 1.29 is 33.1 Å². The van der Waals surface area contributed by atoms with E-state index < -0.39 is 48.1 Å². The highest BCUT2D eigenvalue weighted by Crippen LogP contribution is 2.15. The SMILES string of the molecule is CCNC(=O)[C@@H](NC(=O)C[C@H](O)[C@H](Cc1cc(F)cc(F)c1)NC(=O)c1cccc(C(=O)N(C)CC)c1)C(C)C. The smallest absolute Gasteiger partial charge is 0.253 e. The molecule has 40 heavy (non-hydrogen) atoms. The number of hydrogen-bond donors (Lipinski definition) is 4. The lowest BCUT2D eigenvalue weighted by Crippen LogP contribution is -2.52. The monoisotopic (exact) mass is 560 g/mol. The van der Waals surface area contributed by atoms with Gasteiger partial charge in [0.25, 0.3) is 11.8 Å². The van der Waals surface area contributed by atoms with Crippen molar-refractivity contribution in [2.45, 2.75) is 58.7 Å². The summed E-state index contributed by atoms with van der Waals surface area (Å²) in [6.45, 7) is 7.92. The molecule has 0 saturated heterocycles. The molecule has 0 bridgehead atoms. The highest BCUT2D eigenvalue weighted by molar-refractivity contribution is 5.99. The van der Waals surface area contributed by atoms with Crippen LogP contribution < -0.4 is 16.0 Å². The summed E-state index contributed by atoms with van der Waals surface area (Å²) < 4.78 is 27.7. The van der Waals surface area contributed by atoms with Gasteiger partial charge in [0.15, 0.2) is 0 Å². The third kappa shape index (κ3) is 9.41. The van der Waals surface area contributed by atoms with Crippen LogP contribution in [0.25, 0.3) is 0 Å². The van der Waals surface area contributed by atoms with E-state index in [0.717, 1.165) is 12.1 Å². The predicted molar refractivity (Wildman–Crippen MR) is 146 cm³/mol. The summed E-state index contributed by atoms with van der Waals surface area (Å²) >= 11 is 0. The van der Waals surface area contributed by atoms with Gasteiger partial charge in [-0.25, -0.2) is 8.78 Å². The number of aliphatic hydroxyl groups is 1. The highest BCUT2D eigenvalue weighted by atomic mass is 19.1. The fourth-order valence-electron chi connectivity index (χ4n) is 4.06. The van der Waals surface area contributed by atoms with Crippen LogP contribution in [0.15, 0.2) is 42.5 Å². The second-order valence-electron chi connectivity index (χ2n) is 9.92. The maximum Gasteiger partial charge on any atom is 0.253 e. The topological polar surface area (TPSA) is 128 Å². The zero-order valence-corrected chi connectivity index (χ0v) is 23.5. The van der Waals surface area contributed by atoms with Crippen molar-refractivity contribution in [2.75, 3.05) is 20.1 Å². The molecular weight excluding hydrogens is 522 g/mol. The Balaban J connectivity index is 2.28. The highest BCUT2D eigenvalue weighted by Gasteiger charge is 2.29. The van der Waals surface area contributed by atoms with Crippen LogP contribution in [0.1, 0.15) is 60.4 Å². The molecule has 0 fully saturated rings. The molecule has 0 aliphatic heterocycles. The minimum Gasteiger partial charge on any atom is -0.390 e. The van der Waals surface area contributed by atoms with Gasteiger partial charge in [0.1, 0.15) is 17.7 Å². The molecule has 0 aliphatic carbocycles.